The van der Waals surface area contributed by atoms with E-state index in [1.807, 2.05) is 26.0 Å². The first-order chi connectivity index (χ1) is 9.56. The first kappa shape index (κ1) is 15.4. The fraction of sp³-hybridized carbons (Fsp3) is 0.267. The van der Waals surface area contributed by atoms with E-state index < -0.39 is 5.82 Å². The van der Waals surface area contributed by atoms with Crippen molar-refractivity contribution in [3.63, 3.8) is 0 Å². The van der Waals surface area contributed by atoms with Crippen LogP contribution in [0.4, 0.5) is 4.39 Å². The summed E-state index contributed by atoms with van der Waals surface area (Å²) in [5.41, 5.74) is 2.35. The van der Waals surface area contributed by atoms with Crippen LogP contribution in [0.2, 0.25) is 5.02 Å². The summed E-state index contributed by atoms with van der Waals surface area (Å²) in [5, 5.41) is 3.39. The Morgan fingerprint density at radius 3 is 2.75 bits per heavy atom. The average molecular weight is 358 g/mol. The van der Waals surface area contributed by atoms with Gasteiger partial charge in [-0.2, -0.15) is 0 Å². The highest BCUT2D eigenvalue weighted by molar-refractivity contribution is 9.10. The maximum absolute atomic E-state index is 14.4. The van der Waals surface area contributed by atoms with Gasteiger partial charge in [0, 0.05) is 21.9 Å². The number of aromatic nitrogens is 1. The molecule has 0 saturated heterocycles. The van der Waals surface area contributed by atoms with E-state index in [9.17, 15) is 4.39 Å². The molecule has 0 aliphatic carbocycles. The highest BCUT2D eigenvalue weighted by Crippen LogP contribution is 2.33. The topological polar surface area (TPSA) is 24.9 Å². The molecule has 1 heterocycles. The lowest BCUT2D eigenvalue weighted by atomic mass is 9.97. The molecule has 0 amide bonds. The molecule has 106 valence electrons. The SMILES string of the molecule is CCNC(c1cccnc1C)c1ccc(Br)c(Cl)c1F. The standard InChI is InChI=1S/C15H15BrClFN2/c1-3-19-15(10-5-4-8-20-9(10)2)11-6-7-12(16)13(17)14(11)18/h4-8,15,19H,3H2,1-2H3. The molecule has 1 aromatic heterocycles. The van der Waals surface area contributed by atoms with Crippen LogP contribution in [-0.4, -0.2) is 11.5 Å². The predicted molar refractivity (Wildman–Crippen MR) is 83.6 cm³/mol. The molecule has 0 saturated carbocycles. The molecule has 0 aliphatic rings. The summed E-state index contributed by atoms with van der Waals surface area (Å²) in [6.45, 7) is 4.61. The molecular weight excluding hydrogens is 343 g/mol. The van der Waals surface area contributed by atoms with Gasteiger partial charge in [0.2, 0.25) is 0 Å². The summed E-state index contributed by atoms with van der Waals surface area (Å²) in [6, 6.07) is 7.04. The molecule has 1 aromatic carbocycles. The molecule has 0 aliphatic heterocycles. The molecule has 5 heteroatoms. The summed E-state index contributed by atoms with van der Waals surface area (Å²) in [6.07, 6.45) is 1.73. The van der Waals surface area contributed by atoms with Crippen molar-refractivity contribution < 1.29 is 4.39 Å². The molecule has 20 heavy (non-hydrogen) atoms. The number of nitrogens with one attached hydrogen (secondary N) is 1. The average Bonchev–Trinajstić information content (AvgIpc) is 2.44. The van der Waals surface area contributed by atoms with Crippen molar-refractivity contribution in [2.75, 3.05) is 6.54 Å². The van der Waals surface area contributed by atoms with Crippen LogP contribution in [0.15, 0.2) is 34.9 Å². The largest absolute Gasteiger partial charge is 0.306 e. The third-order valence-electron chi connectivity index (χ3n) is 3.14. The van der Waals surface area contributed by atoms with Crippen LogP contribution in [-0.2, 0) is 0 Å². The van der Waals surface area contributed by atoms with Crippen molar-refractivity contribution in [3.8, 4) is 0 Å². The van der Waals surface area contributed by atoms with Gasteiger partial charge in [0.15, 0.2) is 0 Å². The number of rotatable bonds is 4. The van der Waals surface area contributed by atoms with Gasteiger partial charge in [-0.15, -0.1) is 0 Å². The smallest absolute Gasteiger partial charge is 0.148 e. The molecule has 0 bridgehead atoms. The van der Waals surface area contributed by atoms with Crippen LogP contribution in [0, 0.1) is 12.7 Å². The van der Waals surface area contributed by atoms with Crippen molar-refractivity contribution in [3.05, 3.63) is 62.6 Å². The summed E-state index contributed by atoms with van der Waals surface area (Å²) >= 11 is 9.22. The minimum atomic E-state index is -0.407. The Balaban J connectivity index is 2.55. The molecular formula is C15H15BrClFN2. The van der Waals surface area contributed by atoms with Crippen LogP contribution in [0.25, 0.3) is 0 Å². The molecule has 0 fully saturated rings. The van der Waals surface area contributed by atoms with E-state index in [4.69, 9.17) is 11.6 Å². The number of pyridine rings is 1. The summed E-state index contributed by atoms with van der Waals surface area (Å²) in [5.74, 6) is -0.407. The van der Waals surface area contributed by atoms with Crippen LogP contribution < -0.4 is 5.32 Å². The molecule has 2 nitrogen and oxygen atoms in total. The Morgan fingerprint density at radius 1 is 1.35 bits per heavy atom. The summed E-state index contributed by atoms with van der Waals surface area (Å²) in [4.78, 5) is 4.27. The molecule has 1 N–H and O–H groups in total. The Kier molecular flexibility index (Phi) is 5.13. The quantitative estimate of drug-likeness (QED) is 0.806. The minimum Gasteiger partial charge on any atom is -0.306 e. The first-order valence-corrected chi connectivity index (χ1v) is 7.51. The number of benzene rings is 1. The minimum absolute atomic E-state index is 0.104. The Labute approximate surface area is 131 Å². The molecule has 1 unspecified atom stereocenters. The van der Waals surface area contributed by atoms with Crippen molar-refractivity contribution in [1.82, 2.24) is 10.3 Å². The number of nitrogens with zero attached hydrogens (tertiary/aromatic N) is 1. The fourth-order valence-electron chi connectivity index (χ4n) is 2.16. The number of hydrogen-bond acceptors (Lipinski definition) is 2. The Hall–Kier alpha value is -0.970. The van der Waals surface area contributed by atoms with Crippen LogP contribution in [0.3, 0.4) is 0 Å². The van der Waals surface area contributed by atoms with Crippen LogP contribution >= 0.6 is 27.5 Å². The zero-order valence-electron chi connectivity index (χ0n) is 11.3. The van der Waals surface area contributed by atoms with Crippen molar-refractivity contribution in [1.29, 1.82) is 0 Å². The molecule has 0 radical (unpaired) electrons. The van der Waals surface area contributed by atoms with Gasteiger partial charge in [0.25, 0.3) is 0 Å². The molecule has 1 atom stereocenters. The zero-order chi connectivity index (χ0) is 14.7. The monoisotopic (exact) mass is 356 g/mol. The van der Waals surface area contributed by atoms with Crippen LogP contribution in [0.5, 0.6) is 0 Å². The van der Waals surface area contributed by atoms with Gasteiger partial charge < -0.3 is 5.32 Å². The maximum Gasteiger partial charge on any atom is 0.148 e. The van der Waals surface area contributed by atoms with Gasteiger partial charge in [0.05, 0.1) is 11.1 Å². The predicted octanol–water partition coefficient (Wildman–Crippen LogP) is 4.64. The van der Waals surface area contributed by atoms with E-state index in [0.717, 1.165) is 11.3 Å². The van der Waals surface area contributed by atoms with Crippen molar-refractivity contribution in [2.24, 2.45) is 0 Å². The molecule has 2 aromatic rings. The number of hydrogen-bond donors (Lipinski definition) is 1. The maximum atomic E-state index is 14.4. The summed E-state index contributed by atoms with van der Waals surface area (Å²) in [7, 11) is 0. The molecule has 0 spiro atoms. The summed E-state index contributed by atoms with van der Waals surface area (Å²) < 4.78 is 15.0. The second kappa shape index (κ2) is 6.66. The van der Waals surface area contributed by atoms with Gasteiger partial charge in [-0.1, -0.05) is 30.7 Å². The second-order valence-electron chi connectivity index (χ2n) is 4.43. The normalized spacial score (nSPS) is 12.4. The van der Waals surface area contributed by atoms with E-state index in [2.05, 4.69) is 26.2 Å². The van der Waals surface area contributed by atoms with Gasteiger partial charge in [-0.05, 0) is 47.1 Å². The highest BCUT2D eigenvalue weighted by atomic mass is 79.9. The Bertz CT molecular complexity index is 619. The number of aryl methyl sites for hydroxylation is 1. The van der Waals surface area contributed by atoms with Gasteiger partial charge >= 0.3 is 0 Å². The molecule has 2 rings (SSSR count). The van der Waals surface area contributed by atoms with E-state index in [-0.39, 0.29) is 11.1 Å². The van der Waals surface area contributed by atoms with E-state index in [1.54, 1.807) is 18.3 Å². The van der Waals surface area contributed by atoms with E-state index in [0.29, 0.717) is 16.6 Å². The number of halogens is 3. The lowest BCUT2D eigenvalue weighted by Crippen LogP contribution is -2.24. The van der Waals surface area contributed by atoms with Gasteiger partial charge in [-0.3, -0.25) is 4.98 Å². The Morgan fingerprint density at radius 2 is 2.10 bits per heavy atom. The van der Waals surface area contributed by atoms with Gasteiger partial charge in [-0.25, -0.2) is 4.39 Å². The van der Waals surface area contributed by atoms with Gasteiger partial charge in [0.1, 0.15) is 5.82 Å². The third kappa shape index (κ3) is 3.03. The first-order valence-electron chi connectivity index (χ1n) is 6.34. The van der Waals surface area contributed by atoms with E-state index in [1.165, 1.54) is 0 Å². The highest BCUT2D eigenvalue weighted by Gasteiger charge is 2.21. The third-order valence-corrected chi connectivity index (χ3v) is 4.40. The van der Waals surface area contributed by atoms with Crippen LogP contribution in [0.1, 0.15) is 29.8 Å². The van der Waals surface area contributed by atoms with Crippen molar-refractivity contribution in [2.45, 2.75) is 19.9 Å². The fourth-order valence-corrected chi connectivity index (χ4v) is 2.64. The van der Waals surface area contributed by atoms with Crippen molar-refractivity contribution >= 4 is 27.5 Å². The second-order valence-corrected chi connectivity index (χ2v) is 5.67. The lowest BCUT2D eigenvalue weighted by molar-refractivity contribution is 0.556. The zero-order valence-corrected chi connectivity index (χ0v) is 13.6. The van der Waals surface area contributed by atoms with E-state index >= 15 is 0 Å². The lowest BCUT2D eigenvalue weighted by Gasteiger charge is -2.21.